The van der Waals surface area contributed by atoms with Crippen molar-refractivity contribution >= 4 is 17.3 Å². The highest BCUT2D eigenvalue weighted by molar-refractivity contribution is 6.29. The third-order valence-electron chi connectivity index (χ3n) is 3.30. The summed E-state index contributed by atoms with van der Waals surface area (Å²) < 4.78 is 0. The molecule has 0 saturated carbocycles. The highest BCUT2D eigenvalue weighted by Gasteiger charge is 2.06. The van der Waals surface area contributed by atoms with Crippen molar-refractivity contribution in [2.24, 2.45) is 4.99 Å². The Morgan fingerprint density at radius 1 is 0.818 bits per heavy atom. The molecule has 0 aliphatic heterocycles. The Kier molecular flexibility index (Phi) is 4.62. The van der Waals surface area contributed by atoms with E-state index in [0.29, 0.717) is 11.7 Å². The maximum atomic E-state index is 5.82. The summed E-state index contributed by atoms with van der Waals surface area (Å²) in [5, 5.41) is 0.499. The van der Waals surface area contributed by atoms with Crippen molar-refractivity contribution in [3.8, 4) is 0 Å². The Hall–Kier alpha value is -2.45. The van der Waals surface area contributed by atoms with Crippen molar-refractivity contribution in [2.75, 3.05) is 0 Å². The molecule has 0 unspecified atom stereocenters. The normalized spacial score (nSPS) is 10.2. The quantitative estimate of drug-likeness (QED) is 0.503. The van der Waals surface area contributed by atoms with Gasteiger partial charge in [-0.05, 0) is 11.6 Å². The number of benzene rings is 2. The standard InChI is InChI=1S/C19H15ClN2/c20-18-12-11-15(13-21-18)14-22-19(16-7-3-1-4-8-16)17-9-5-2-6-10-17/h1-13H,14H2. The first-order valence-electron chi connectivity index (χ1n) is 7.08. The molecule has 0 N–H and O–H groups in total. The van der Waals surface area contributed by atoms with Gasteiger partial charge < -0.3 is 0 Å². The van der Waals surface area contributed by atoms with Gasteiger partial charge in [-0.1, -0.05) is 78.3 Å². The van der Waals surface area contributed by atoms with Gasteiger partial charge in [-0.3, -0.25) is 4.99 Å². The Bertz CT molecular complexity index is 709. The smallest absolute Gasteiger partial charge is 0.129 e. The fraction of sp³-hybridized carbons (Fsp3) is 0.0526. The van der Waals surface area contributed by atoms with Gasteiger partial charge in [0.2, 0.25) is 0 Å². The van der Waals surface area contributed by atoms with E-state index >= 15 is 0 Å². The van der Waals surface area contributed by atoms with E-state index in [9.17, 15) is 0 Å². The van der Waals surface area contributed by atoms with E-state index in [4.69, 9.17) is 16.6 Å². The molecule has 3 rings (SSSR count). The number of halogens is 1. The van der Waals surface area contributed by atoms with E-state index in [-0.39, 0.29) is 0 Å². The molecule has 0 bridgehead atoms. The van der Waals surface area contributed by atoms with Gasteiger partial charge in [0.05, 0.1) is 12.3 Å². The minimum absolute atomic E-state index is 0.499. The average molecular weight is 307 g/mol. The summed E-state index contributed by atoms with van der Waals surface area (Å²) >= 11 is 5.82. The molecule has 0 atom stereocenters. The van der Waals surface area contributed by atoms with Crippen LogP contribution in [0.25, 0.3) is 0 Å². The molecule has 22 heavy (non-hydrogen) atoms. The molecule has 0 spiro atoms. The van der Waals surface area contributed by atoms with Crippen LogP contribution in [-0.2, 0) is 6.54 Å². The number of aromatic nitrogens is 1. The lowest BCUT2D eigenvalue weighted by Crippen LogP contribution is -2.04. The second-order valence-corrected chi connectivity index (χ2v) is 5.27. The van der Waals surface area contributed by atoms with Crippen molar-refractivity contribution in [1.29, 1.82) is 0 Å². The van der Waals surface area contributed by atoms with Crippen LogP contribution in [0, 0.1) is 0 Å². The van der Waals surface area contributed by atoms with Crippen molar-refractivity contribution in [3.05, 3.63) is 101 Å². The third-order valence-corrected chi connectivity index (χ3v) is 3.53. The largest absolute Gasteiger partial charge is 0.279 e. The SMILES string of the molecule is Clc1ccc(CN=C(c2ccccc2)c2ccccc2)cn1. The first-order chi connectivity index (χ1) is 10.8. The van der Waals surface area contributed by atoms with E-state index in [1.807, 2.05) is 42.5 Å². The molecule has 1 aromatic heterocycles. The summed E-state index contributed by atoms with van der Waals surface area (Å²) in [7, 11) is 0. The number of hydrogen-bond donors (Lipinski definition) is 0. The van der Waals surface area contributed by atoms with Gasteiger partial charge in [-0.25, -0.2) is 4.98 Å². The maximum Gasteiger partial charge on any atom is 0.129 e. The van der Waals surface area contributed by atoms with E-state index in [0.717, 1.165) is 22.4 Å². The molecule has 108 valence electrons. The molecule has 1 heterocycles. The molecule has 0 radical (unpaired) electrons. The van der Waals surface area contributed by atoms with Gasteiger partial charge >= 0.3 is 0 Å². The zero-order chi connectivity index (χ0) is 15.2. The van der Waals surface area contributed by atoms with Crippen LogP contribution >= 0.6 is 11.6 Å². The molecular weight excluding hydrogens is 292 g/mol. The number of rotatable bonds is 4. The second kappa shape index (κ2) is 7.01. The number of aliphatic imine (C=N–C) groups is 1. The Labute approximate surface area is 135 Å². The van der Waals surface area contributed by atoms with Crippen molar-refractivity contribution in [2.45, 2.75) is 6.54 Å². The molecule has 0 saturated heterocycles. The number of hydrogen-bond acceptors (Lipinski definition) is 2. The zero-order valence-electron chi connectivity index (χ0n) is 12.0. The molecule has 2 nitrogen and oxygen atoms in total. The van der Waals surface area contributed by atoms with Gasteiger partial charge in [0.1, 0.15) is 5.15 Å². The summed E-state index contributed by atoms with van der Waals surface area (Å²) in [6.45, 7) is 0.573. The van der Waals surface area contributed by atoms with Crippen molar-refractivity contribution in [3.63, 3.8) is 0 Å². The molecule has 3 heteroatoms. The first kappa shape index (κ1) is 14.5. The van der Waals surface area contributed by atoms with E-state index in [1.54, 1.807) is 12.3 Å². The Balaban J connectivity index is 1.95. The van der Waals surface area contributed by atoms with Crippen LogP contribution in [-0.4, -0.2) is 10.7 Å². The van der Waals surface area contributed by atoms with E-state index in [2.05, 4.69) is 29.2 Å². The summed E-state index contributed by atoms with van der Waals surface area (Å²) in [6.07, 6.45) is 1.76. The monoisotopic (exact) mass is 306 g/mol. The van der Waals surface area contributed by atoms with Crippen LogP contribution in [0.2, 0.25) is 5.15 Å². The molecule has 2 aromatic carbocycles. The van der Waals surface area contributed by atoms with E-state index in [1.165, 1.54) is 0 Å². The Morgan fingerprint density at radius 2 is 1.41 bits per heavy atom. The van der Waals surface area contributed by atoms with Crippen LogP contribution in [0.5, 0.6) is 0 Å². The number of pyridine rings is 1. The molecule has 0 aliphatic carbocycles. The van der Waals surface area contributed by atoms with Gasteiger partial charge in [0, 0.05) is 17.3 Å². The minimum atomic E-state index is 0.499. The third kappa shape index (κ3) is 3.60. The summed E-state index contributed by atoms with van der Waals surface area (Å²) in [6, 6.07) is 24.2. The average Bonchev–Trinajstić information content (AvgIpc) is 2.59. The Morgan fingerprint density at radius 3 is 1.91 bits per heavy atom. The maximum absolute atomic E-state index is 5.82. The highest BCUT2D eigenvalue weighted by atomic mass is 35.5. The van der Waals surface area contributed by atoms with Crippen molar-refractivity contribution in [1.82, 2.24) is 4.98 Å². The molecule has 0 amide bonds. The highest BCUT2D eigenvalue weighted by Crippen LogP contribution is 2.13. The lowest BCUT2D eigenvalue weighted by Gasteiger charge is -2.07. The predicted molar refractivity (Wildman–Crippen MR) is 91.5 cm³/mol. The topological polar surface area (TPSA) is 25.2 Å². The fourth-order valence-electron chi connectivity index (χ4n) is 2.21. The zero-order valence-corrected chi connectivity index (χ0v) is 12.7. The second-order valence-electron chi connectivity index (χ2n) is 4.89. The van der Waals surface area contributed by atoms with Crippen LogP contribution < -0.4 is 0 Å². The lowest BCUT2D eigenvalue weighted by atomic mass is 10.0. The van der Waals surface area contributed by atoms with Crippen LogP contribution in [0.1, 0.15) is 16.7 Å². The fourth-order valence-corrected chi connectivity index (χ4v) is 2.32. The summed E-state index contributed by atoms with van der Waals surface area (Å²) in [5.74, 6) is 0. The van der Waals surface area contributed by atoms with Gasteiger partial charge in [0.15, 0.2) is 0 Å². The van der Waals surface area contributed by atoms with Crippen LogP contribution in [0.3, 0.4) is 0 Å². The molecule has 3 aromatic rings. The van der Waals surface area contributed by atoms with Crippen LogP contribution in [0.15, 0.2) is 84.0 Å². The van der Waals surface area contributed by atoms with Gasteiger partial charge in [-0.15, -0.1) is 0 Å². The van der Waals surface area contributed by atoms with Crippen molar-refractivity contribution < 1.29 is 0 Å². The molecular formula is C19H15ClN2. The lowest BCUT2D eigenvalue weighted by molar-refractivity contribution is 1.05. The van der Waals surface area contributed by atoms with Crippen LogP contribution in [0.4, 0.5) is 0 Å². The predicted octanol–water partition coefficient (Wildman–Crippen LogP) is 4.77. The minimum Gasteiger partial charge on any atom is -0.279 e. The number of nitrogens with zero attached hydrogens (tertiary/aromatic N) is 2. The first-order valence-corrected chi connectivity index (χ1v) is 7.46. The molecule has 0 fully saturated rings. The van der Waals surface area contributed by atoms with Gasteiger partial charge in [0.25, 0.3) is 0 Å². The summed E-state index contributed by atoms with van der Waals surface area (Å²) in [5.41, 5.74) is 4.23. The van der Waals surface area contributed by atoms with E-state index < -0.39 is 0 Å². The molecule has 0 aliphatic rings. The van der Waals surface area contributed by atoms with Gasteiger partial charge in [-0.2, -0.15) is 0 Å². The summed E-state index contributed by atoms with van der Waals surface area (Å²) in [4.78, 5) is 8.90.